The number of methoxy groups -OCH3 is 2. The summed E-state index contributed by atoms with van der Waals surface area (Å²) in [5.74, 6) is 1.20. The molecule has 0 saturated heterocycles. The molecule has 2 aromatic rings. The van der Waals surface area contributed by atoms with E-state index in [4.69, 9.17) is 44.3 Å². The molecule has 0 spiro atoms. The van der Waals surface area contributed by atoms with E-state index in [0.29, 0.717) is 27.1 Å². The minimum atomic E-state index is -0.514. The van der Waals surface area contributed by atoms with Crippen molar-refractivity contribution in [1.82, 2.24) is 0 Å². The third-order valence-corrected chi connectivity index (χ3v) is 4.83. The van der Waals surface area contributed by atoms with Crippen LogP contribution < -0.4 is 9.47 Å². The number of alkyl halides is 1. The van der Waals surface area contributed by atoms with Crippen molar-refractivity contribution in [1.29, 1.82) is 0 Å². The van der Waals surface area contributed by atoms with Crippen molar-refractivity contribution in [2.45, 2.75) is 5.38 Å². The maximum absolute atomic E-state index is 6.58. The van der Waals surface area contributed by atoms with Crippen LogP contribution in [0.15, 0.2) is 34.8 Å². The lowest BCUT2D eigenvalue weighted by Gasteiger charge is -2.18. The summed E-state index contributed by atoms with van der Waals surface area (Å²) in [5.41, 5.74) is 1.46. The Morgan fingerprint density at radius 2 is 1.52 bits per heavy atom. The van der Waals surface area contributed by atoms with Gasteiger partial charge in [0.15, 0.2) is 11.5 Å². The summed E-state index contributed by atoms with van der Waals surface area (Å²) >= 11 is 22.5. The minimum Gasteiger partial charge on any atom is -0.493 e. The molecule has 0 aliphatic carbocycles. The number of halogens is 4. The van der Waals surface area contributed by atoms with Crippen molar-refractivity contribution >= 4 is 50.7 Å². The zero-order valence-electron chi connectivity index (χ0n) is 11.3. The molecule has 0 N–H and O–H groups in total. The first-order valence-electron chi connectivity index (χ1n) is 5.99. The lowest BCUT2D eigenvalue weighted by Crippen LogP contribution is -1.99. The highest BCUT2D eigenvalue weighted by Gasteiger charge is 2.22. The molecule has 0 aromatic heterocycles. The van der Waals surface area contributed by atoms with E-state index >= 15 is 0 Å². The Kier molecular flexibility index (Phi) is 5.67. The van der Waals surface area contributed by atoms with Crippen LogP contribution in [0, 0.1) is 0 Å². The van der Waals surface area contributed by atoms with Crippen LogP contribution in [0.2, 0.25) is 10.0 Å². The van der Waals surface area contributed by atoms with Gasteiger partial charge in [-0.2, -0.15) is 0 Å². The average molecular weight is 411 g/mol. The maximum Gasteiger partial charge on any atom is 0.161 e. The molecule has 21 heavy (non-hydrogen) atoms. The monoisotopic (exact) mass is 408 g/mol. The van der Waals surface area contributed by atoms with Crippen LogP contribution in [0.4, 0.5) is 0 Å². The van der Waals surface area contributed by atoms with Crippen LogP contribution in [0.3, 0.4) is 0 Å². The van der Waals surface area contributed by atoms with Crippen LogP contribution in [-0.4, -0.2) is 14.2 Å². The van der Waals surface area contributed by atoms with Crippen LogP contribution in [0.1, 0.15) is 16.5 Å². The fourth-order valence-corrected chi connectivity index (χ4v) is 3.80. The molecule has 0 saturated carbocycles. The van der Waals surface area contributed by atoms with Crippen molar-refractivity contribution in [2.24, 2.45) is 0 Å². The lowest BCUT2D eigenvalue weighted by atomic mass is 10.0. The summed E-state index contributed by atoms with van der Waals surface area (Å²) in [7, 11) is 3.15. The van der Waals surface area contributed by atoms with Gasteiger partial charge in [0.05, 0.1) is 19.6 Å². The van der Waals surface area contributed by atoms with E-state index in [1.165, 1.54) is 0 Å². The number of benzene rings is 2. The average Bonchev–Trinajstić information content (AvgIpc) is 2.46. The Hall–Kier alpha value is -0.610. The van der Waals surface area contributed by atoms with Gasteiger partial charge in [-0.05, 0) is 29.8 Å². The molecule has 0 heterocycles. The van der Waals surface area contributed by atoms with Gasteiger partial charge in [-0.1, -0.05) is 45.2 Å². The molecule has 0 aliphatic heterocycles. The molecule has 1 atom stereocenters. The van der Waals surface area contributed by atoms with Crippen molar-refractivity contribution in [3.8, 4) is 11.5 Å². The molecule has 0 aliphatic rings. The topological polar surface area (TPSA) is 18.5 Å². The quantitative estimate of drug-likeness (QED) is 0.567. The Bertz CT molecular complexity index is 641. The molecular weight excluding hydrogens is 398 g/mol. The fraction of sp³-hybridized carbons (Fsp3) is 0.200. The highest BCUT2D eigenvalue weighted by atomic mass is 79.9. The van der Waals surface area contributed by atoms with E-state index in [0.717, 1.165) is 10.0 Å². The van der Waals surface area contributed by atoms with E-state index in [2.05, 4.69) is 15.9 Å². The van der Waals surface area contributed by atoms with Crippen molar-refractivity contribution in [3.63, 3.8) is 0 Å². The smallest absolute Gasteiger partial charge is 0.161 e. The molecule has 2 nitrogen and oxygen atoms in total. The van der Waals surface area contributed by atoms with Gasteiger partial charge in [-0.25, -0.2) is 0 Å². The summed E-state index contributed by atoms with van der Waals surface area (Å²) in [6.45, 7) is 0. The van der Waals surface area contributed by atoms with Gasteiger partial charge in [-0.15, -0.1) is 11.6 Å². The van der Waals surface area contributed by atoms with E-state index in [-0.39, 0.29) is 0 Å². The van der Waals surface area contributed by atoms with E-state index in [1.807, 2.05) is 0 Å². The first-order valence-corrected chi connectivity index (χ1v) is 7.97. The van der Waals surface area contributed by atoms with Crippen molar-refractivity contribution in [2.75, 3.05) is 14.2 Å². The van der Waals surface area contributed by atoms with Gasteiger partial charge in [0.25, 0.3) is 0 Å². The molecule has 2 rings (SSSR count). The largest absolute Gasteiger partial charge is 0.493 e. The van der Waals surface area contributed by atoms with E-state index < -0.39 is 5.38 Å². The summed E-state index contributed by atoms with van der Waals surface area (Å²) in [6, 6.07) is 8.90. The van der Waals surface area contributed by atoms with Gasteiger partial charge >= 0.3 is 0 Å². The summed E-state index contributed by atoms with van der Waals surface area (Å²) in [6.07, 6.45) is 0. The summed E-state index contributed by atoms with van der Waals surface area (Å²) in [5, 5.41) is 0.522. The second-order valence-electron chi connectivity index (χ2n) is 4.23. The van der Waals surface area contributed by atoms with Crippen LogP contribution in [-0.2, 0) is 0 Å². The predicted octanol–water partition coefficient (Wildman–Crippen LogP) is 6.10. The van der Waals surface area contributed by atoms with Crippen LogP contribution in [0.25, 0.3) is 0 Å². The molecule has 0 fully saturated rings. The Morgan fingerprint density at radius 1 is 1.00 bits per heavy atom. The number of ether oxygens (including phenoxy) is 2. The van der Waals surface area contributed by atoms with Gasteiger partial charge in [0, 0.05) is 20.1 Å². The Labute approximate surface area is 147 Å². The van der Waals surface area contributed by atoms with E-state index in [9.17, 15) is 0 Å². The second-order valence-corrected chi connectivity index (χ2v) is 6.33. The van der Waals surface area contributed by atoms with E-state index in [1.54, 1.807) is 44.6 Å². The molecule has 0 radical (unpaired) electrons. The van der Waals surface area contributed by atoms with Gasteiger partial charge in [-0.3, -0.25) is 0 Å². The Morgan fingerprint density at radius 3 is 2.05 bits per heavy atom. The first kappa shape index (κ1) is 16.8. The standard InChI is InChI=1S/C15H12BrCl3O2/c1-20-12-6-8(9(16)7-13(12)21-2)15(19)14-10(17)4-3-5-11(14)18/h3-7,15H,1-2H3. The molecule has 6 heteroatoms. The van der Waals surface area contributed by atoms with Gasteiger partial charge in [0.2, 0.25) is 0 Å². The molecule has 2 aromatic carbocycles. The van der Waals surface area contributed by atoms with Gasteiger partial charge < -0.3 is 9.47 Å². The molecule has 0 bridgehead atoms. The highest BCUT2D eigenvalue weighted by Crippen LogP contribution is 2.44. The number of hydrogen-bond donors (Lipinski definition) is 0. The SMILES string of the molecule is COc1cc(Br)c(C(Cl)c2c(Cl)cccc2Cl)cc1OC. The van der Waals surface area contributed by atoms with Crippen LogP contribution in [0.5, 0.6) is 11.5 Å². The molecule has 0 amide bonds. The van der Waals surface area contributed by atoms with Crippen LogP contribution >= 0.6 is 50.7 Å². The summed E-state index contributed by atoms with van der Waals surface area (Å²) in [4.78, 5) is 0. The summed E-state index contributed by atoms with van der Waals surface area (Å²) < 4.78 is 11.4. The molecule has 1 unspecified atom stereocenters. The zero-order valence-corrected chi connectivity index (χ0v) is 15.1. The van der Waals surface area contributed by atoms with Gasteiger partial charge in [0.1, 0.15) is 0 Å². The van der Waals surface area contributed by atoms with Crippen molar-refractivity contribution in [3.05, 3.63) is 56.0 Å². The normalized spacial score (nSPS) is 12.1. The maximum atomic E-state index is 6.58. The first-order chi connectivity index (χ1) is 9.99. The molecule has 112 valence electrons. The minimum absolute atomic E-state index is 0.514. The molecular formula is C15H12BrCl3O2. The lowest BCUT2D eigenvalue weighted by molar-refractivity contribution is 0.354. The third-order valence-electron chi connectivity index (χ3n) is 3.03. The number of hydrogen-bond acceptors (Lipinski definition) is 2. The fourth-order valence-electron chi connectivity index (χ4n) is 1.97. The second kappa shape index (κ2) is 7.10. The van der Waals surface area contributed by atoms with Crippen molar-refractivity contribution < 1.29 is 9.47 Å². The Balaban J connectivity index is 2.56. The number of rotatable bonds is 4. The predicted molar refractivity (Wildman–Crippen MR) is 91.4 cm³/mol. The third kappa shape index (κ3) is 3.42. The highest BCUT2D eigenvalue weighted by molar-refractivity contribution is 9.10. The zero-order chi connectivity index (χ0) is 15.6.